The molecule has 6 heteroatoms. The lowest BCUT2D eigenvalue weighted by Crippen LogP contribution is -2.53. The van der Waals surface area contributed by atoms with E-state index in [0.717, 1.165) is 11.5 Å². The van der Waals surface area contributed by atoms with Crippen molar-refractivity contribution in [3.05, 3.63) is 54.1 Å². The van der Waals surface area contributed by atoms with Gasteiger partial charge in [-0.25, -0.2) is 0 Å². The molecule has 0 bridgehead atoms. The number of benzene rings is 1. The molecule has 7 rings (SSSR count). The Kier molecular flexibility index (Phi) is 5.22. The van der Waals surface area contributed by atoms with Gasteiger partial charge in [0, 0.05) is 24.9 Å². The summed E-state index contributed by atoms with van der Waals surface area (Å²) in [5.41, 5.74) is -0.603. The number of epoxide rings is 1. The summed E-state index contributed by atoms with van der Waals surface area (Å²) in [6.45, 7) is 15.9. The van der Waals surface area contributed by atoms with Gasteiger partial charge in [-0.2, -0.15) is 0 Å². The number of carbonyl (C=O) groups excluding carboxylic acids is 2. The summed E-state index contributed by atoms with van der Waals surface area (Å²) in [7, 11) is 1.55. The number of phenols is 1. The lowest BCUT2D eigenvalue weighted by molar-refractivity contribution is -0.145. The number of carbonyl (C=O) groups is 2. The number of morpholine rings is 1. The number of ketones is 1. The van der Waals surface area contributed by atoms with Gasteiger partial charge in [-0.05, 0) is 84.3 Å². The Hall–Kier alpha value is -2.44. The number of ether oxygens (including phenoxy) is 2. The summed E-state index contributed by atoms with van der Waals surface area (Å²) >= 11 is 0. The van der Waals surface area contributed by atoms with Gasteiger partial charge >= 0.3 is 0 Å². The van der Waals surface area contributed by atoms with Gasteiger partial charge in [-0.15, -0.1) is 6.58 Å². The van der Waals surface area contributed by atoms with E-state index in [9.17, 15) is 14.7 Å². The molecule has 6 nitrogen and oxygen atoms in total. The average Bonchev–Trinajstić information content (AvgIpc) is 3.80. The summed E-state index contributed by atoms with van der Waals surface area (Å²) in [6, 6.07) is 6.83. The number of rotatable bonds is 6. The molecule has 12 atom stereocenters. The molecule has 0 radical (unpaired) electrons. The number of methoxy groups -OCH3 is 1. The van der Waals surface area contributed by atoms with E-state index in [1.165, 1.54) is 24.8 Å². The Morgan fingerprint density at radius 2 is 1.93 bits per heavy atom. The van der Waals surface area contributed by atoms with Crippen LogP contribution < -0.4 is 5.32 Å². The highest BCUT2D eigenvalue weighted by Crippen LogP contribution is 2.84. The first-order valence-corrected chi connectivity index (χ1v) is 15.0. The maximum absolute atomic E-state index is 15.0. The predicted molar refractivity (Wildman–Crippen MR) is 151 cm³/mol. The molecule has 6 aliphatic rings. The summed E-state index contributed by atoms with van der Waals surface area (Å²) < 4.78 is 12.2. The van der Waals surface area contributed by atoms with Gasteiger partial charge in [-0.1, -0.05) is 57.6 Å². The van der Waals surface area contributed by atoms with Crippen molar-refractivity contribution in [2.75, 3.05) is 7.11 Å². The number of fused-ring (bicyclic) bond motifs is 3. The SMILES string of the molecule is C=CC1(C)C=C(C)C2C(C1C(=O)C13OC1C(Cc1ccc(O)cc1)(OC)NC3=O)C(C)C13CC1CC(C)CC23C. The highest BCUT2D eigenvalue weighted by Gasteiger charge is 2.84. The third-order valence-corrected chi connectivity index (χ3v) is 12.8. The van der Waals surface area contributed by atoms with Crippen LogP contribution in [0, 0.1) is 51.8 Å². The van der Waals surface area contributed by atoms with Crippen molar-refractivity contribution in [3.63, 3.8) is 0 Å². The summed E-state index contributed by atoms with van der Waals surface area (Å²) in [4.78, 5) is 28.8. The van der Waals surface area contributed by atoms with Crippen LogP contribution in [-0.4, -0.2) is 41.3 Å². The molecule has 4 aliphatic carbocycles. The number of hydrogen-bond acceptors (Lipinski definition) is 5. The molecule has 2 N–H and O–H groups in total. The molecule has 1 spiro atoms. The quantitative estimate of drug-likeness (QED) is 0.291. The van der Waals surface area contributed by atoms with E-state index >= 15 is 0 Å². The third kappa shape index (κ3) is 2.92. The molecule has 0 aromatic heterocycles. The Bertz CT molecular complexity index is 1350. The fourth-order valence-electron chi connectivity index (χ4n) is 11.3. The number of allylic oxidation sites excluding steroid dienone is 3. The number of aromatic hydroxyl groups is 1. The van der Waals surface area contributed by atoms with Crippen LogP contribution in [0.4, 0.5) is 0 Å². The predicted octanol–water partition coefficient (Wildman–Crippen LogP) is 5.21. The first-order chi connectivity index (χ1) is 18.8. The molecule has 3 saturated carbocycles. The molecule has 40 heavy (non-hydrogen) atoms. The second kappa shape index (κ2) is 7.89. The average molecular weight is 546 g/mol. The van der Waals surface area contributed by atoms with Crippen molar-refractivity contribution >= 4 is 11.7 Å². The molecular formula is C34H43NO5. The molecule has 214 valence electrons. The van der Waals surface area contributed by atoms with Crippen molar-refractivity contribution in [1.82, 2.24) is 5.32 Å². The first-order valence-electron chi connectivity index (χ1n) is 15.0. The van der Waals surface area contributed by atoms with Crippen LogP contribution in [0.1, 0.15) is 59.4 Å². The molecule has 5 fully saturated rings. The maximum atomic E-state index is 15.0. The van der Waals surface area contributed by atoms with Crippen LogP contribution >= 0.6 is 0 Å². The van der Waals surface area contributed by atoms with Gasteiger partial charge < -0.3 is 19.9 Å². The maximum Gasteiger partial charge on any atom is 0.265 e. The molecule has 12 unspecified atom stereocenters. The van der Waals surface area contributed by atoms with Crippen LogP contribution in [-0.2, 0) is 25.5 Å². The van der Waals surface area contributed by atoms with E-state index in [0.29, 0.717) is 24.2 Å². The molecule has 1 aromatic rings. The molecule has 2 saturated heterocycles. The van der Waals surface area contributed by atoms with Gasteiger partial charge in [0.15, 0.2) is 17.6 Å². The van der Waals surface area contributed by atoms with E-state index in [4.69, 9.17) is 9.47 Å². The molecule has 1 aromatic carbocycles. The Morgan fingerprint density at radius 1 is 1.23 bits per heavy atom. The van der Waals surface area contributed by atoms with Gasteiger partial charge in [-0.3, -0.25) is 9.59 Å². The van der Waals surface area contributed by atoms with Crippen LogP contribution in [0.25, 0.3) is 0 Å². The van der Waals surface area contributed by atoms with E-state index in [1.807, 2.05) is 6.08 Å². The number of amides is 1. The number of hydrogen-bond donors (Lipinski definition) is 2. The van der Waals surface area contributed by atoms with Gasteiger partial charge in [0.05, 0.1) is 0 Å². The zero-order valence-corrected chi connectivity index (χ0v) is 24.6. The van der Waals surface area contributed by atoms with Gasteiger partial charge in [0.2, 0.25) is 5.60 Å². The van der Waals surface area contributed by atoms with Crippen molar-refractivity contribution in [1.29, 1.82) is 0 Å². The van der Waals surface area contributed by atoms with E-state index < -0.39 is 34.7 Å². The fraction of sp³-hybridized carbons (Fsp3) is 0.647. The Labute approximate surface area is 237 Å². The third-order valence-electron chi connectivity index (χ3n) is 12.8. The minimum atomic E-state index is -1.55. The minimum absolute atomic E-state index is 0.114. The number of phenolic OH excluding ortho intramolecular Hbond substituents is 1. The zero-order chi connectivity index (χ0) is 28.6. The second-order valence-electron chi connectivity index (χ2n) is 14.7. The Morgan fingerprint density at radius 3 is 2.55 bits per heavy atom. The smallest absolute Gasteiger partial charge is 0.265 e. The van der Waals surface area contributed by atoms with E-state index in [-0.39, 0.29) is 28.3 Å². The van der Waals surface area contributed by atoms with E-state index in [2.05, 4.69) is 52.6 Å². The van der Waals surface area contributed by atoms with Gasteiger partial charge in [0.1, 0.15) is 5.75 Å². The highest BCUT2D eigenvalue weighted by molar-refractivity contribution is 6.16. The molecule has 2 aliphatic heterocycles. The van der Waals surface area contributed by atoms with Crippen LogP contribution in [0.5, 0.6) is 5.75 Å². The van der Waals surface area contributed by atoms with Crippen LogP contribution in [0.2, 0.25) is 0 Å². The number of Topliss-reactive ketones (excluding diaryl/α,β-unsaturated/α-hetero) is 1. The van der Waals surface area contributed by atoms with Crippen molar-refractivity contribution in [3.8, 4) is 5.75 Å². The van der Waals surface area contributed by atoms with Crippen molar-refractivity contribution < 1.29 is 24.2 Å². The first kappa shape index (κ1) is 26.5. The fourth-order valence-corrected chi connectivity index (χ4v) is 11.3. The summed E-state index contributed by atoms with van der Waals surface area (Å²) in [5, 5.41) is 12.8. The Balaban J connectivity index is 1.29. The van der Waals surface area contributed by atoms with Crippen molar-refractivity contribution in [2.24, 2.45) is 51.8 Å². The van der Waals surface area contributed by atoms with E-state index in [1.54, 1.807) is 31.4 Å². The molecular weight excluding hydrogens is 502 g/mol. The topological polar surface area (TPSA) is 88.2 Å². The monoisotopic (exact) mass is 545 g/mol. The standard InChI is InChI=1S/C34H43NO5/c1-8-30(5)15-19(3)25-24(20(4)32-17-22(32)13-18(2)14-31(25,32)6)26(30)27(37)34-28(40-34)33(39-7,35-29(34)38)16-21-9-11-23(36)12-10-21/h8-12,15,18,20,22,24-26,28,36H,1,13-14,16-17H2,2-7H3,(H,35,38). The van der Waals surface area contributed by atoms with Gasteiger partial charge in [0.25, 0.3) is 5.91 Å². The lowest BCUT2D eigenvalue weighted by Gasteiger charge is -2.49. The molecule has 2 heterocycles. The number of nitrogens with one attached hydrogen (secondary N) is 1. The minimum Gasteiger partial charge on any atom is -0.508 e. The molecule has 1 amide bonds. The second-order valence-corrected chi connectivity index (χ2v) is 14.7. The summed E-state index contributed by atoms with van der Waals surface area (Å²) in [6.07, 6.45) is 7.57. The largest absolute Gasteiger partial charge is 0.508 e. The lowest BCUT2D eigenvalue weighted by atomic mass is 9.53. The highest BCUT2D eigenvalue weighted by atomic mass is 16.7. The summed E-state index contributed by atoms with van der Waals surface area (Å²) in [5.74, 6) is 1.47. The normalized spacial score (nSPS) is 51.5. The van der Waals surface area contributed by atoms with Crippen LogP contribution in [0.3, 0.4) is 0 Å². The zero-order valence-electron chi connectivity index (χ0n) is 24.6. The van der Waals surface area contributed by atoms with Crippen LogP contribution in [0.15, 0.2) is 48.6 Å². The van der Waals surface area contributed by atoms with Crippen molar-refractivity contribution in [2.45, 2.75) is 77.7 Å².